The Hall–Kier alpha value is -2.49. The fourth-order valence-electron chi connectivity index (χ4n) is 2.81. The summed E-state index contributed by atoms with van der Waals surface area (Å²) in [5.74, 6) is 0.953. The Balaban J connectivity index is 2.05. The van der Waals surface area contributed by atoms with Gasteiger partial charge in [0.15, 0.2) is 0 Å². The van der Waals surface area contributed by atoms with E-state index in [0.29, 0.717) is 5.82 Å². The number of anilines is 1. The van der Waals surface area contributed by atoms with Crippen molar-refractivity contribution in [2.75, 3.05) is 18.0 Å². The maximum absolute atomic E-state index is 10.4. The number of imidazole rings is 1. The van der Waals surface area contributed by atoms with Crippen molar-refractivity contribution in [1.82, 2.24) is 9.97 Å². The zero-order chi connectivity index (χ0) is 15.7. The van der Waals surface area contributed by atoms with E-state index in [1.165, 1.54) is 0 Å². The summed E-state index contributed by atoms with van der Waals surface area (Å²) in [7, 11) is 0. The maximum atomic E-state index is 10.4. The number of phenols is 1. The first-order chi connectivity index (χ1) is 10.6. The van der Waals surface area contributed by atoms with Crippen LogP contribution in [0.1, 0.15) is 19.4 Å². The summed E-state index contributed by atoms with van der Waals surface area (Å²) in [6.07, 6.45) is 0. The number of fused-ring (bicyclic) bond motifs is 1. The molecule has 0 amide bonds. The number of aryl methyl sites for hydroxylation is 1. The summed E-state index contributed by atoms with van der Waals surface area (Å²) in [4.78, 5) is 10.1. The van der Waals surface area contributed by atoms with Gasteiger partial charge in [0.1, 0.15) is 11.6 Å². The number of hydrogen-bond donors (Lipinski definition) is 2. The zero-order valence-corrected chi connectivity index (χ0v) is 13.2. The zero-order valence-electron chi connectivity index (χ0n) is 13.2. The number of phenolic OH excluding ortho intramolecular Hbond substituents is 1. The molecule has 114 valence electrons. The first-order valence-electron chi connectivity index (χ1n) is 7.67. The van der Waals surface area contributed by atoms with E-state index >= 15 is 0 Å². The van der Waals surface area contributed by atoms with Crippen LogP contribution in [-0.2, 0) is 0 Å². The fourth-order valence-corrected chi connectivity index (χ4v) is 2.81. The van der Waals surface area contributed by atoms with Crippen LogP contribution in [0.3, 0.4) is 0 Å². The van der Waals surface area contributed by atoms with E-state index in [0.717, 1.165) is 40.9 Å². The van der Waals surface area contributed by atoms with Crippen molar-refractivity contribution in [2.45, 2.75) is 20.8 Å². The summed E-state index contributed by atoms with van der Waals surface area (Å²) >= 11 is 0. The minimum atomic E-state index is 0.251. The Morgan fingerprint density at radius 1 is 1.14 bits per heavy atom. The first-order valence-corrected chi connectivity index (χ1v) is 7.67. The van der Waals surface area contributed by atoms with E-state index < -0.39 is 0 Å². The summed E-state index contributed by atoms with van der Waals surface area (Å²) < 4.78 is 0. The number of benzene rings is 2. The molecule has 0 bridgehead atoms. The quantitative estimate of drug-likeness (QED) is 0.762. The second-order valence-electron chi connectivity index (χ2n) is 5.43. The molecule has 2 N–H and O–H groups in total. The lowest BCUT2D eigenvalue weighted by Crippen LogP contribution is -2.21. The monoisotopic (exact) mass is 295 g/mol. The minimum absolute atomic E-state index is 0.251. The number of aromatic nitrogens is 2. The molecule has 4 heteroatoms. The number of aromatic amines is 1. The highest BCUT2D eigenvalue weighted by molar-refractivity contribution is 5.83. The van der Waals surface area contributed by atoms with E-state index in [4.69, 9.17) is 0 Å². The molecular formula is C18H21N3O. The highest BCUT2D eigenvalue weighted by atomic mass is 16.3. The van der Waals surface area contributed by atoms with Crippen molar-refractivity contribution in [3.8, 4) is 17.1 Å². The highest BCUT2D eigenvalue weighted by Gasteiger charge is 2.12. The van der Waals surface area contributed by atoms with Gasteiger partial charge in [0.25, 0.3) is 0 Å². The number of nitrogens with zero attached hydrogens (tertiary/aromatic N) is 2. The van der Waals surface area contributed by atoms with Gasteiger partial charge < -0.3 is 15.0 Å². The van der Waals surface area contributed by atoms with Gasteiger partial charge in [0, 0.05) is 24.8 Å². The predicted molar refractivity (Wildman–Crippen MR) is 91.5 cm³/mol. The lowest BCUT2D eigenvalue weighted by Gasteiger charge is -2.21. The Morgan fingerprint density at radius 2 is 1.91 bits per heavy atom. The van der Waals surface area contributed by atoms with E-state index in [1.54, 1.807) is 0 Å². The molecule has 2 aromatic carbocycles. The molecule has 22 heavy (non-hydrogen) atoms. The van der Waals surface area contributed by atoms with E-state index in [1.807, 2.05) is 43.3 Å². The average molecular weight is 295 g/mol. The molecule has 0 spiro atoms. The second kappa shape index (κ2) is 5.72. The topological polar surface area (TPSA) is 52.2 Å². The normalized spacial score (nSPS) is 11.0. The van der Waals surface area contributed by atoms with Gasteiger partial charge in [-0.3, -0.25) is 0 Å². The van der Waals surface area contributed by atoms with Crippen LogP contribution in [-0.4, -0.2) is 28.2 Å². The lowest BCUT2D eigenvalue weighted by atomic mass is 10.1. The first kappa shape index (κ1) is 14.4. The molecule has 1 heterocycles. The Labute approximate surface area is 130 Å². The molecule has 0 aliphatic heterocycles. The smallest absolute Gasteiger partial charge is 0.142 e. The van der Waals surface area contributed by atoms with Gasteiger partial charge in [-0.05, 0) is 44.5 Å². The third-order valence-corrected chi connectivity index (χ3v) is 4.09. The summed E-state index contributed by atoms with van der Waals surface area (Å²) in [6, 6.07) is 11.8. The van der Waals surface area contributed by atoms with Crippen LogP contribution < -0.4 is 4.90 Å². The molecule has 0 radical (unpaired) electrons. The van der Waals surface area contributed by atoms with Gasteiger partial charge in [-0.25, -0.2) is 4.98 Å². The second-order valence-corrected chi connectivity index (χ2v) is 5.43. The fraction of sp³-hybridized carbons (Fsp3) is 0.278. The van der Waals surface area contributed by atoms with Crippen LogP contribution in [0.2, 0.25) is 0 Å². The van der Waals surface area contributed by atoms with Crippen molar-refractivity contribution in [1.29, 1.82) is 0 Å². The molecule has 0 fully saturated rings. The van der Waals surface area contributed by atoms with E-state index in [-0.39, 0.29) is 5.75 Å². The largest absolute Gasteiger partial charge is 0.507 e. The van der Waals surface area contributed by atoms with E-state index in [9.17, 15) is 5.11 Å². The van der Waals surface area contributed by atoms with Crippen LogP contribution in [0, 0.1) is 6.92 Å². The van der Waals surface area contributed by atoms with Crippen LogP contribution >= 0.6 is 0 Å². The Morgan fingerprint density at radius 3 is 2.55 bits per heavy atom. The average Bonchev–Trinajstić information content (AvgIpc) is 2.94. The summed E-state index contributed by atoms with van der Waals surface area (Å²) in [5, 5.41) is 10.4. The molecule has 1 aromatic heterocycles. The number of rotatable bonds is 4. The number of nitrogens with one attached hydrogen (secondary N) is 1. The maximum Gasteiger partial charge on any atom is 0.142 e. The van der Waals surface area contributed by atoms with Crippen molar-refractivity contribution in [3.05, 3.63) is 42.0 Å². The van der Waals surface area contributed by atoms with Crippen LogP contribution in [0.25, 0.3) is 22.4 Å². The van der Waals surface area contributed by atoms with Gasteiger partial charge in [0.2, 0.25) is 0 Å². The third kappa shape index (κ3) is 2.41. The number of aromatic hydroxyl groups is 1. The number of H-pyrrole nitrogens is 1. The minimum Gasteiger partial charge on any atom is -0.507 e. The van der Waals surface area contributed by atoms with Crippen LogP contribution in [0.4, 0.5) is 5.69 Å². The number of para-hydroxylation sites is 1. The van der Waals surface area contributed by atoms with Crippen molar-refractivity contribution in [2.24, 2.45) is 0 Å². The van der Waals surface area contributed by atoms with Gasteiger partial charge >= 0.3 is 0 Å². The predicted octanol–water partition coefficient (Wildman–Crippen LogP) is 4.09. The molecule has 0 saturated heterocycles. The SMILES string of the molecule is CCN(CC)c1ccc(-c2nc3cccc(C)c3[nH]2)c(O)c1. The molecular weight excluding hydrogens is 274 g/mol. The molecule has 0 atom stereocenters. The van der Waals surface area contributed by atoms with Crippen molar-refractivity contribution in [3.63, 3.8) is 0 Å². The summed E-state index contributed by atoms with van der Waals surface area (Å²) in [5.41, 5.74) is 4.84. The van der Waals surface area contributed by atoms with Crippen molar-refractivity contribution >= 4 is 16.7 Å². The van der Waals surface area contributed by atoms with Gasteiger partial charge in [-0.15, -0.1) is 0 Å². The molecule has 3 aromatic rings. The lowest BCUT2D eigenvalue weighted by molar-refractivity contribution is 0.477. The molecule has 0 saturated carbocycles. The van der Waals surface area contributed by atoms with Gasteiger partial charge in [0.05, 0.1) is 16.6 Å². The molecule has 0 aliphatic rings. The van der Waals surface area contributed by atoms with E-state index in [2.05, 4.69) is 28.7 Å². The van der Waals surface area contributed by atoms with Crippen LogP contribution in [0.15, 0.2) is 36.4 Å². The van der Waals surface area contributed by atoms with Crippen LogP contribution in [0.5, 0.6) is 5.75 Å². The number of hydrogen-bond acceptors (Lipinski definition) is 3. The van der Waals surface area contributed by atoms with Gasteiger partial charge in [-0.1, -0.05) is 12.1 Å². The van der Waals surface area contributed by atoms with Crippen molar-refractivity contribution < 1.29 is 5.11 Å². The summed E-state index contributed by atoms with van der Waals surface area (Å²) in [6.45, 7) is 8.10. The molecule has 0 unspecified atom stereocenters. The Kier molecular flexibility index (Phi) is 3.75. The molecule has 3 rings (SSSR count). The Bertz CT molecular complexity index is 803. The van der Waals surface area contributed by atoms with Gasteiger partial charge in [-0.2, -0.15) is 0 Å². The third-order valence-electron chi connectivity index (χ3n) is 4.09. The highest BCUT2D eigenvalue weighted by Crippen LogP contribution is 2.32. The molecule has 4 nitrogen and oxygen atoms in total. The molecule has 0 aliphatic carbocycles. The standard InChI is InChI=1S/C18H21N3O/c1-4-21(5-2)13-9-10-14(16(22)11-13)18-19-15-8-6-7-12(3)17(15)20-18/h6-11,22H,4-5H2,1-3H3,(H,19,20).